The van der Waals surface area contributed by atoms with Crippen molar-refractivity contribution in [3.05, 3.63) is 58.7 Å². The molecule has 0 amide bonds. The standard InChI is InChI=1S/C19H22ClN3O2S/c1-5-14-12-17-16(20)10-11-18(23(17)21-14)22-26(24,25)15-8-6-13(7-9-15)19(2,3)4/h6-12,22H,5H2,1-4H3. The number of aryl methyl sites for hydroxylation is 1. The van der Waals surface area contributed by atoms with E-state index < -0.39 is 10.0 Å². The van der Waals surface area contributed by atoms with E-state index in [1.165, 1.54) is 4.52 Å². The summed E-state index contributed by atoms with van der Waals surface area (Å²) in [6.45, 7) is 8.24. The Hall–Kier alpha value is -2.05. The monoisotopic (exact) mass is 391 g/mol. The zero-order valence-corrected chi connectivity index (χ0v) is 16.8. The van der Waals surface area contributed by atoms with E-state index in [9.17, 15) is 8.42 Å². The van der Waals surface area contributed by atoms with E-state index >= 15 is 0 Å². The lowest BCUT2D eigenvalue weighted by molar-refractivity contribution is 0.587. The van der Waals surface area contributed by atoms with Crippen LogP contribution in [-0.4, -0.2) is 18.0 Å². The Balaban J connectivity index is 1.99. The molecule has 7 heteroatoms. The summed E-state index contributed by atoms with van der Waals surface area (Å²) in [7, 11) is -3.73. The quantitative estimate of drug-likeness (QED) is 0.704. The number of anilines is 1. The molecule has 1 N–H and O–H groups in total. The van der Waals surface area contributed by atoms with Crippen LogP contribution in [0.15, 0.2) is 47.4 Å². The first-order valence-electron chi connectivity index (χ1n) is 8.42. The fourth-order valence-corrected chi connectivity index (χ4v) is 3.91. The highest BCUT2D eigenvalue weighted by Crippen LogP contribution is 2.26. The van der Waals surface area contributed by atoms with Gasteiger partial charge in [0.05, 0.1) is 21.1 Å². The van der Waals surface area contributed by atoms with Crippen molar-refractivity contribution in [2.75, 3.05) is 4.72 Å². The molecule has 0 atom stereocenters. The minimum absolute atomic E-state index is 0.0380. The number of halogens is 1. The first-order chi connectivity index (χ1) is 12.1. The van der Waals surface area contributed by atoms with Crippen LogP contribution >= 0.6 is 11.6 Å². The van der Waals surface area contributed by atoms with Crippen molar-refractivity contribution >= 4 is 33.0 Å². The number of nitrogens with one attached hydrogen (secondary N) is 1. The zero-order chi connectivity index (χ0) is 19.1. The number of fused-ring (bicyclic) bond motifs is 1. The van der Waals surface area contributed by atoms with Crippen LogP contribution in [-0.2, 0) is 21.9 Å². The van der Waals surface area contributed by atoms with Crippen molar-refractivity contribution < 1.29 is 8.42 Å². The molecule has 26 heavy (non-hydrogen) atoms. The summed E-state index contributed by atoms with van der Waals surface area (Å²) in [5.41, 5.74) is 2.55. The molecule has 0 aliphatic heterocycles. The van der Waals surface area contributed by atoms with Gasteiger partial charge in [-0.25, -0.2) is 12.9 Å². The fraction of sp³-hybridized carbons (Fsp3) is 0.316. The van der Waals surface area contributed by atoms with E-state index in [1.807, 2.05) is 25.1 Å². The van der Waals surface area contributed by atoms with E-state index in [1.54, 1.807) is 24.3 Å². The second-order valence-electron chi connectivity index (χ2n) is 7.23. The van der Waals surface area contributed by atoms with Gasteiger partial charge >= 0.3 is 0 Å². The third-order valence-corrected chi connectivity index (χ3v) is 5.94. The molecule has 0 aliphatic carbocycles. The van der Waals surface area contributed by atoms with E-state index in [-0.39, 0.29) is 10.3 Å². The molecule has 0 unspecified atom stereocenters. The largest absolute Gasteiger partial charge is 0.263 e. The third kappa shape index (κ3) is 3.57. The summed E-state index contributed by atoms with van der Waals surface area (Å²) in [5, 5.41) is 4.94. The molecule has 2 heterocycles. The number of sulfonamides is 1. The Morgan fingerprint density at radius 3 is 2.35 bits per heavy atom. The predicted octanol–water partition coefficient (Wildman–Crippen LogP) is 4.65. The van der Waals surface area contributed by atoms with Gasteiger partial charge in [-0.1, -0.05) is 51.4 Å². The number of hydrogen-bond donors (Lipinski definition) is 1. The normalized spacial score (nSPS) is 12.5. The number of rotatable bonds is 4. The van der Waals surface area contributed by atoms with Gasteiger partial charge in [-0.15, -0.1) is 0 Å². The number of benzene rings is 1. The summed E-state index contributed by atoms with van der Waals surface area (Å²) in [4.78, 5) is 0.205. The molecule has 0 radical (unpaired) electrons. The average Bonchev–Trinajstić information content (AvgIpc) is 3.02. The van der Waals surface area contributed by atoms with Gasteiger partial charge in [-0.2, -0.15) is 5.10 Å². The van der Waals surface area contributed by atoms with Gasteiger partial charge in [0.1, 0.15) is 5.82 Å². The molecule has 138 valence electrons. The zero-order valence-electron chi connectivity index (χ0n) is 15.2. The average molecular weight is 392 g/mol. The van der Waals surface area contributed by atoms with Crippen LogP contribution in [0.25, 0.3) is 5.52 Å². The Bertz CT molecular complexity index is 1050. The van der Waals surface area contributed by atoms with Crippen LogP contribution in [0.4, 0.5) is 5.82 Å². The highest BCUT2D eigenvalue weighted by molar-refractivity contribution is 7.92. The van der Waals surface area contributed by atoms with Gasteiger partial charge in [0.15, 0.2) is 0 Å². The Morgan fingerprint density at radius 1 is 1.12 bits per heavy atom. The number of pyridine rings is 1. The molecule has 0 saturated carbocycles. The lowest BCUT2D eigenvalue weighted by Crippen LogP contribution is -2.16. The van der Waals surface area contributed by atoms with Crippen molar-refractivity contribution in [1.82, 2.24) is 9.61 Å². The SMILES string of the molecule is CCc1cc2c(Cl)ccc(NS(=O)(=O)c3ccc(C(C)(C)C)cc3)n2n1. The molecule has 0 aliphatic rings. The molecule has 5 nitrogen and oxygen atoms in total. The molecule has 2 aromatic heterocycles. The first kappa shape index (κ1) is 18.7. The van der Waals surface area contributed by atoms with Gasteiger partial charge in [-0.05, 0) is 47.7 Å². The summed E-state index contributed by atoms with van der Waals surface area (Å²) >= 11 is 6.21. The van der Waals surface area contributed by atoms with Crippen molar-refractivity contribution in [2.24, 2.45) is 0 Å². The lowest BCUT2D eigenvalue weighted by atomic mass is 9.87. The molecule has 1 aromatic carbocycles. The number of hydrogen-bond acceptors (Lipinski definition) is 3. The number of aromatic nitrogens is 2. The van der Waals surface area contributed by atoms with Crippen LogP contribution in [0.2, 0.25) is 5.02 Å². The number of nitrogens with zero attached hydrogens (tertiary/aromatic N) is 2. The molecule has 0 saturated heterocycles. The Labute approximate surface area is 159 Å². The summed E-state index contributed by atoms with van der Waals surface area (Å²) in [5.74, 6) is 0.351. The molecule has 0 bridgehead atoms. The Morgan fingerprint density at radius 2 is 1.77 bits per heavy atom. The second kappa shape index (κ2) is 6.59. The fourth-order valence-electron chi connectivity index (χ4n) is 2.67. The molecular formula is C19H22ClN3O2S. The molecule has 0 spiro atoms. The van der Waals surface area contributed by atoms with Crippen LogP contribution in [0, 0.1) is 0 Å². The maximum Gasteiger partial charge on any atom is 0.263 e. The summed E-state index contributed by atoms with van der Waals surface area (Å²) in [6, 6.07) is 12.1. The van der Waals surface area contributed by atoms with Gasteiger partial charge in [0.2, 0.25) is 0 Å². The van der Waals surface area contributed by atoms with Crippen molar-refractivity contribution in [3.8, 4) is 0 Å². The van der Waals surface area contributed by atoms with Crippen molar-refractivity contribution in [3.63, 3.8) is 0 Å². The topological polar surface area (TPSA) is 63.5 Å². The lowest BCUT2D eigenvalue weighted by Gasteiger charge is -2.19. The first-order valence-corrected chi connectivity index (χ1v) is 10.3. The maximum absolute atomic E-state index is 12.8. The highest BCUT2D eigenvalue weighted by Gasteiger charge is 2.19. The van der Waals surface area contributed by atoms with E-state index in [0.29, 0.717) is 16.4 Å². The van der Waals surface area contributed by atoms with Gasteiger partial charge in [-0.3, -0.25) is 4.72 Å². The molecule has 0 fully saturated rings. The van der Waals surface area contributed by atoms with Crippen LogP contribution in [0.3, 0.4) is 0 Å². The minimum atomic E-state index is -3.73. The van der Waals surface area contributed by atoms with Gasteiger partial charge in [0.25, 0.3) is 10.0 Å². The Kier molecular flexibility index (Phi) is 4.75. The minimum Gasteiger partial charge on any atom is -0.263 e. The van der Waals surface area contributed by atoms with Gasteiger partial charge < -0.3 is 0 Å². The maximum atomic E-state index is 12.8. The third-order valence-electron chi connectivity index (χ3n) is 4.25. The van der Waals surface area contributed by atoms with E-state index in [0.717, 1.165) is 17.7 Å². The van der Waals surface area contributed by atoms with E-state index in [2.05, 4.69) is 30.6 Å². The van der Waals surface area contributed by atoms with Crippen LogP contribution < -0.4 is 4.72 Å². The second-order valence-corrected chi connectivity index (χ2v) is 9.32. The van der Waals surface area contributed by atoms with Gasteiger partial charge in [0, 0.05) is 0 Å². The molecule has 3 aromatic rings. The van der Waals surface area contributed by atoms with Crippen LogP contribution in [0.5, 0.6) is 0 Å². The smallest absolute Gasteiger partial charge is 0.263 e. The summed E-state index contributed by atoms with van der Waals surface area (Å²) < 4.78 is 29.7. The molecule has 3 rings (SSSR count). The van der Waals surface area contributed by atoms with Crippen molar-refractivity contribution in [2.45, 2.75) is 44.4 Å². The highest BCUT2D eigenvalue weighted by atomic mass is 35.5. The molecular weight excluding hydrogens is 370 g/mol. The van der Waals surface area contributed by atoms with E-state index in [4.69, 9.17) is 11.6 Å². The summed E-state index contributed by atoms with van der Waals surface area (Å²) in [6.07, 6.45) is 0.735. The van der Waals surface area contributed by atoms with Crippen molar-refractivity contribution in [1.29, 1.82) is 0 Å². The van der Waals surface area contributed by atoms with Crippen LogP contribution in [0.1, 0.15) is 39.0 Å². The predicted molar refractivity (Wildman–Crippen MR) is 106 cm³/mol.